The van der Waals surface area contributed by atoms with Crippen LogP contribution < -0.4 is 31.3 Å². The number of pyridine rings is 3. The molecule has 3 aromatic heterocycles. The fourth-order valence-corrected chi connectivity index (χ4v) is 6.35. The predicted octanol–water partition coefficient (Wildman–Crippen LogP) is 4.80. The van der Waals surface area contributed by atoms with Crippen LogP contribution in [0.1, 0.15) is 42.4 Å². The number of hydrogen-bond acceptors (Lipinski definition) is 9. The van der Waals surface area contributed by atoms with Crippen LogP contribution in [0.5, 0.6) is 5.88 Å². The maximum atomic E-state index is 15.5. The van der Waals surface area contributed by atoms with Crippen molar-refractivity contribution in [3.8, 4) is 28.4 Å². The largest absolute Gasteiger partial charge is 0.481 e. The molecule has 6 rings (SSSR count). The van der Waals surface area contributed by atoms with Crippen molar-refractivity contribution >= 4 is 34.9 Å². The average molecular weight is 673 g/mol. The van der Waals surface area contributed by atoms with E-state index in [1.54, 1.807) is 31.6 Å². The molecule has 2 atom stereocenters. The number of carbonyl (C=O) groups excluding carboxylic acids is 2. The van der Waals surface area contributed by atoms with E-state index in [9.17, 15) is 9.59 Å². The van der Waals surface area contributed by atoms with Gasteiger partial charge < -0.3 is 31.3 Å². The molecule has 0 aliphatic carbocycles. The van der Waals surface area contributed by atoms with Gasteiger partial charge in [-0.25, -0.2) is 14.4 Å². The number of carbonyl (C=O) groups is 2. The Kier molecular flexibility index (Phi) is 10.4. The minimum absolute atomic E-state index is 0.0446. The molecule has 1 aromatic carbocycles. The summed E-state index contributed by atoms with van der Waals surface area (Å²) in [6.07, 6.45) is 5.94. The lowest BCUT2D eigenvalue weighted by atomic mass is 9.99. The topological polar surface area (TPSA) is 142 Å². The maximum Gasteiger partial charge on any atom is 0.220 e. The van der Waals surface area contributed by atoms with E-state index < -0.39 is 5.82 Å². The van der Waals surface area contributed by atoms with Crippen LogP contribution in [0.2, 0.25) is 5.02 Å². The fourth-order valence-electron chi connectivity index (χ4n) is 6.08. The Balaban J connectivity index is 1.17. The minimum Gasteiger partial charge on any atom is -0.481 e. The van der Waals surface area contributed by atoms with E-state index in [1.807, 2.05) is 37.3 Å². The van der Waals surface area contributed by atoms with Crippen LogP contribution >= 0.6 is 11.6 Å². The van der Waals surface area contributed by atoms with Gasteiger partial charge in [0.25, 0.3) is 0 Å². The first-order valence-electron chi connectivity index (χ1n) is 16.0. The molecule has 0 bridgehead atoms. The van der Waals surface area contributed by atoms with Gasteiger partial charge in [0.2, 0.25) is 17.7 Å². The molecule has 2 amide bonds. The standard InChI is InChI=1S/C35H38ClFN8O3/c1-20-25(27-9-6-22(35(45-27)48-2)17-39-19-24-8-11-30(47)43-24)13-15-40-33(20)26-4-3-5-28(31(26)36)44-34-32(37)21(12-14-41-34)16-38-18-23-7-10-29(46)42-23/h3-6,9,12-15,23-24,38-39H,7-8,10-11,16-19H2,1-2H3,(H,41,44)(H,42,46)(H,43,47)/t23-,24-/m0/s1. The van der Waals surface area contributed by atoms with E-state index in [4.69, 9.17) is 21.3 Å². The lowest BCUT2D eigenvalue weighted by Crippen LogP contribution is -2.35. The third-order valence-electron chi connectivity index (χ3n) is 8.67. The van der Waals surface area contributed by atoms with E-state index in [0.717, 1.165) is 35.2 Å². The van der Waals surface area contributed by atoms with E-state index in [2.05, 4.69) is 36.6 Å². The third-order valence-corrected chi connectivity index (χ3v) is 9.08. The van der Waals surface area contributed by atoms with Gasteiger partial charge in [-0.3, -0.25) is 14.6 Å². The number of methoxy groups -OCH3 is 1. The van der Waals surface area contributed by atoms with Gasteiger partial charge in [0, 0.05) is 85.8 Å². The maximum absolute atomic E-state index is 15.5. The van der Waals surface area contributed by atoms with Gasteiger partial charge in [0.1, 0.15) is 0 Å². The first kappa shape index (κ1) is 33.3. The zero-order valence-corrected chi connectivity index (χ0v) is 27.6. The molecule has 2 aliphatic heterocycles. The number of aromatic nitrogens is 3. The molecule has 48 heavy (non-hydrogen) atoms. The molecule has 5 N–H and O–H groups in total. The highest BCUT2D eigenvalue weighted by Crippen LogP contribution is 2.38. The lowest BCUT2D eigenvalue weighted by molar-refractivity contribution is -0.120. The van der Waals surface area contributed by atoms with Crippen molar-refractivity contribution in [1.29, 1.82) is 0 Å². The summed E-state index contributed by atoms with van der Waals surface area (Å²) in [6, 6.07) is 13.1. The van der Waals surface area contributed by atoms with Gasteiger partial charge in [-0.2, -0.15) is 0 Å². The monoisotopic (exact) mass is 672 g/mol. The van der Waals surface area contributed by atoms with Crippen molar-refractivity contribution in [3.05, 3.63) is 82.4 Å². The molecule has 0 unspecified atom stereocenters. The Morgan fingerprint density at radius 3 is 2.25 bits per heavy atom. The summed E-state index contributed by atoms with van der Waals surface area (Å²) in [7, 11) is 1.59. The first-order chi connectivity index (χ1) is 23.3. The highest BCUT2D eigenvalue weighted by atomic mass is 35.5. The molecule has 2 aliphatic rings. The van der Waals surface area contributed by atoms with Gasteiger partial charge >= 0.3 is 0 Å². The number of nitrogens with zero attached hydrogens (tertiary/aromatic N) is 3. The van der Waals surface area contributed by atoms with Gasteiger partial charge in [-0.05, 0) is 49.6 Å². The second-order valence-electron chi connectivity index (χ2n) is 12.0. The Labute approximate surface area is 283 Å². The third kappa shape index (κ3) is 7.56. The van der Waals surface area contributed by atoms with Crippen molar-refractivity contribution in [2.24, 2.45) is 0 Å². The van der Waals surface area contributed by atoms with Crippen molar-refractivity contribution < 1.29 is 18.7 Å². The molecule has 4 aromatic rings. The summed E-state index contributed by atoms with van der Waals surface area (Å²) < 4.78 is 21.1. The second kappa shape index (κ2) is 15.1. The molecule has 13 heteroatoms. The van der Waals surface area contributed by atoms with Crippen LogP contribution in [0.4, 0.5) is 15.9 Å². The molecule has 0 radical (unpaired) electrons. The quantitative estimate of drug-likeness (QED) is 0.135. The van der Waals surface area contributed by atoms with Gasteiger partial charge in [-0.15, -0.1) is 0 Å². The molecule has 5 heterocycles. The molecule has 2 fully saturated rings. The van der Waals surface area contributed by atoms with Crippen LogP contribution in [-0.2, 0) is 22.7 Å². The number of hydrogen-bond donors (Lipinski definition) is 5. The molecular weight excluding hydrogens is 635 g/mol. The summed E-state index contributed by atoms with van der Waals surface area (Å²) in [5, 5.41) is 15.9. The molecule has 2 saturated heterocycles. The van der Waals surface area contributed by atoms with Crippen molar-refractivity contribution in [3.63, 3.8) is 0 Å². The highest BCUT2D eigenvalue weighted by molar-refractivity contribution is 6.36. The molecule has 0 saturated carbocycles. The van der Waals surface area contributed by atoms with Crippen LogP contribution in [0.15, 0.2) is 54.9 Å². The van der Waals surface area contributed by atoms with Crippen LogP contribution in [-0.4, -0.2) is 59.0 Å². The van der Waals surface area contributed by atoms with Crippen LogP contribution in [0.25, 0.3) is 22.5 Å². The summed E-state index contributed by atoms with van der Waals surface area (Å²) in [6.45, 7) is 4.03. The number of nitrogens with one attached hydrogen (secondary N) is 5. The van der Waals surface area contributed by atoms with Crippen molar-refractivity contribution in [1.82, 2.24) is 36.2 Å². The first-order valence-corrected chi connectivity index (χ1v) is 16.4. The molecular formula is C35H38ClFN8O3. The highest BCUT2D eigenvalue weighted by Gasteiger charge is 2.22. The molecule has 250 valence electrons. The fraction of sp³-hybridized carbons (Fsp3) is 0.343. The second-order valence-corrected chi connectivity index (χ2v) is 12.4. The Morgan fingerprint density at radius 2 is 1.58 bits per heavy atom. The zero-order valence-electron chi connectivity index (χ0n) is 26.8. The number of ether oxygens (including phenoxy) is 1. The summed E-state index contributed by atoms with van der Waals surface area (Å²) in [5.41, 5.74) is 5.62. The number of halogens is 2. The molecule has 0 spiro atoms. The van der Waals surface area contributed by atoms with Gasteiger partial charge in [0.15, 0.2) is 11.6 Å². The normalized spacial score (nSPS) is 17.3. The van der Waals surface area contributed by atoms with Gasteiger partial charge in [0.05, 0.1) is 29.2 Å². The van der Waals surface area contributed by atoms with E-state index in [1.165, 1.54) is 0 Å². The average Bonchev–Trinajstić information content (AvgIpc) is 3.70. The Bertz CT molecular complexity index is 1820. The lowest BCUT2D eigenvalue weighted by Gasteiger charge is -2.16. The smallest absolute Gasteiger partial charge is 0.220 e. The number of benzene rings is 1. The Hall–Kier alpha value is -4.65. The number of anilines is 2. The SMILES string of the molecule is COc1nc(-c2ccnc(-c3cccc(Nc4nccc(CNC[C@@H]5CCC(=O)N5)c4F)c3Cl)c2C)ccc1CNC[C@@H]1CCC(=O)N1. The van der Waals surface area contributed by atoms with E-state index in [-0.39, 0.29) is 36.3 Å². The Morgan fingerprint density at radius 1 is 0.896 bits per heavy atom. The summed E-state index contributed by atoms with van der Waals surface area (Å²) in [4.78, 5) is 36.6. The predicted molar refractivity (Wildman–Crippen MR) is 182 cm³/mol. The summed E-state index contributed by atoms with van der Waals surface area (Å²) >= 11 is 6.93. The van der Waals surface area contributed by atoms with Crippen molar-refractivity contribution in [2.45, 2.75) is 57.8 Å². The zero-order chi connectivity index (χ0) is 33.6. The van der Waals surface area contributed by atoms with Gasteiger partial charge in [-0.1, -0.05) is 29.8 Å². The number of amides is 2. The van der Waals surface area contributed by atoms with E-state index >= 15 is 4.39 Å². The van der Waals surface area contributed by atoms with Crippen LogP contribution in [0.3, 0.4) is 0 Å². The minimum atomic E-state index is -0.484. The van der Waals surface area contributed by atoms with Crippen LogP contribution in [0, 0.1) is 12.7 Å². The van der Waals surface area contributed by atoms with E-state index in [0.29, 0.717) is 65.9 Å². The number of rotatable bonds is 13. The summed E-state index contributed by atoms with van der Waals surface area (Å²) in [5.74, 6) is 0.218. The van der Waals surface area contributed by atoms with Crippen molar-refractivity contribution in [2.75, 3.05) is 25.5 Å². The molecule has 11 nitrogen and oxygen atoms in total.